The second-order valence-electron chi connectivity index (χ2n) is 7.23. The summed E-state index contributed by atoms with van der Waals surface area (Å²) in [6, 6.07) is 0. The molecule has 25 heavy (non-hydrogen) atoms. The Morgan fingerprint density at radius 1 is 1.20 bits per heavy atom. The molecule has 0 aromatic carbocycles. The number of piperidine rings is 1. The molecular formula is C18H26N4O3. The zero-order valence-electron chi connectivity index (χ0n) is 15.6. The molecule has 3 rings (SSSR count). The summed E-state index contributed by atoms with van der Waals surface area (Å²) in [5.41, 5.74) is 1.68. The zero-order chi connectivity index (χ0) is 18.1. The summed E-state index contributed by atoms with van der Waals surface area (Å²) in [6.07, 6.45) is 1.91. The Hall–Kier alpha value is -2.18. The van der Waals surface area contributed by atoms with Crippen molar-refractivity contribution in [1.29, 1.82) is 0 Å². The molecule has 136 valence electrons. The second-order valence-corrected chi connectivity index (χ2v) is 7.23. The van der Waals surface area contributed by atoms with Crippen molar-refractivity contribution >= 4 is 5.91 Å². The number of rotatable bonds is 4. The first-order valence-electron chi connectivity index (χ1n) is 8.93. The van der Waals surface area contributed by atoms with Crippen molar-refractivity contribution in [3.05, 3.63) is 28.7 Å². The van der Waals surface area contributed by atoms with Gasteiger partial charge in [-0.1, -0.05) is 24.2 Å². The van der Waals surface area contributed by atoms with Crippen molar-refractivity contribution in [2.24, 2.45) is 0 Å². The van der Waals surface area contributed by atoms with Gasteiger partial charge in [0.05, 0.1) is 11.6 Å². The standard InChI is InChI=1S/C18H26N4O3/c1-10(2)17-19-16(21-25-17)14-7-6-8-22(9-14)18(23)11(3)15-12(4)20-24-13(15)5/h10-11,14H,6-9H2,1-5H3/t11-,14-/m0/s1. The van der Waals surface area contributed by atoms with E-state index < -0.39 is 0 Å². The van der Waals surface area contributed by atoms with Crippen LogP contribution in [0.5, 0.6) is 0 Å². The van der Waals surface area contributed by atoms with Gasteiger partial charge in [0.2, 0.25) is 11.8 Å². The zero-order valence-corrected chi connectivity index (χ0v) is 15.6. The van der Waals surface area contributed by atoms with Crippen molar-refractivity contribution in [2.45, 2.75) is 65.2 Å². The summed E-state index contributed by atoms with van der Waals surface area (Å²) < 4.78 is 10.5. The van der Waals surface area contributed by atoms with Crippen molar-refractivity contribution in [3.8, 4) is 0 Å². The van der Waals surface area contributed by atoms with E-state index in [0.29, 0.717) is 24.0 Å². The average Bonchev–Trinajstić information content (AvgIpc) is 3.21. The van der Waals surface area contributed by atoms with Crippen LogP contribution in [0.3, 0.4) is 0 Å². The van der Waals surface area contributed by atoms with E-state index in [1.54, 1.807) is 0 Å². The minimum absolute atomic E-state index is 0.103. The highest BCUT2D eigenvalue weighted by atomic mass is 16.5. The van der Waals surface area contributed by atoms with Gasteiger partial charge >= 0.3 is 0 Å². The van der Waals surface area contributed by atoms with E-state index in [-0.39, 0.29) is 23.7 Å². The SMILES string of the molecule is Cc1noc(C)c1[C@H](C)C(=O)N1CCC[C@H](c2noc(C(C)C)n2)C1. The van der Waals surface area contributed by atoms with Gasteiger partial charge < -0.3 is 13.9 Å². The smallest absolute Gasteiger partial charge is 0.230 e. The Bertz CT molecular complexity index is 730. The molecular weight excluding hydrogens is 320 g/mol. The largest absolute Gasteiger partial charge is 0.361 e. The van der Waals surface area contributed by atoms with Gasteiger partial charge in [-0.25, -0.2) is 0 Å². The third-order valence-electron chi connectivity index (χ3n) is 4.94. The van der Waals surface area contributed by atoms with Gasteiger partial charge in [-0.3, -0.25) is 4.79 Å². The molecule has 0 saturated carbocycles. The van der Waals surface area contributed by atoms with Gasteiger partial charge in [0.1, 0.15) is 5.76 Å². The molecule has 3 heterocycles. The first kappa shape index (κ1) is 17.6. The Morgan fingerprint density at radius 2 is 1.96 bits per heavy atom. The normalized spacial score (nSPS) is 19.4. The number of aromatic nitrogens is 3. The van der Waals surface area contributed by atoms with E-state index >= 15 is 0 Å². The van der Waals surface area contributed by atoms with Gasteiger partial charge in [-0.2, -0.15) is 4.98 Å². The molecule has 0 spiro atoms. The number of aryl methyl sites for hydroxylation is 2. The molecule has 2 atom stereocenters. The maximum atomic E-state index is 13.0. The number of nitrogens with zero attached hydrogens (tertiary/aromatic N) is 4. The first-order chi connectivity index (χ1) is 11.9. The van der Waals surface area contributed by atoms with Gasteiger partial charge in [-0.15, -0.1) is 0 Å². The van der Waals surface area contributed by atoms with Crippen molar-refractivity contribution in [1.82, 2.24) is 20.2 Å². The third-order valence-corrected chi connectivity index (χ3v) is 4.94. The molecule has 0 bridgehead atoms. The minimum atomic E-state index is -0.263. The molecule has 1 saturated heterocycles. The number of hydrogen-bond donors (Lipinski definition) is 0. The lowest BCUT2D eigenvalue weighted by atomic mass is 9.93. The van der Waals surface area contributed by atoms with Gasteiger partial charge in [0.15, 0.2) is 5.82 Å². The lowest BCUT2D eigenvalue weighted by Crippen LogP contribution is -2.41. The Labute approximate surface area is 147 Å². The molecule has 7 heteroatoms. The van der Waals surface area contributed by atoms with Crippen LogP contribution in [-0.4, -0.2) is 39.2 Å². The average molecular weight is 346 g/mol. The number of hydrogen-bond acceptors (Lipinski definition) is 6. The van der Waals surface area contributed by atoms with Crippen LogP contribution < -0.4 is 0 Å². The van der Waals surface area contributed by atoms with Crippen LogP contribution in [0.1, 0.15) is 80.1 Å². The fourth-order valence-electron chi connectivity index (χ4n) is 3.54. The molecule has 1 fully saturated rings. The molecule has 0 unspecified atom stereocenters. The fraction of sp³-hybridized carbons (Fsp3) is 0.667. The number of amides is 1. The van der Waals surface area contributed by atoms with Crippen LogP contribution in [-0.2, 0) is 4.79 Å². The summed E-state index contributed by atoms with van der Waals surface area (Å²) in [7, 11) is 0. The second kappa shape index (κ2) is 6.98. The van der Waals surface area contributed by atoms with Gasteiger partial charge in [0, 0.05) is 30.5 Å². The lowest BCUT2D eigenvalue weighted by molar-refractivity contribution is -0.133. The van der Waals surface area contributed by atoms with E-state index in [1.807, 2.05) is 39.5 Å². The number of carbonyl (C=O) groups is 1. The fourth-order valence-corrected chi connectivity index (χ4v) is 3.54. The minimum Gasteiger partial charge on any atom is -0.361 e. The lowest BCUT2D eigenvalue weighted by Gasteiger charge is -2.33. The van der Waals surface area contributed by atoms with E-state index in [9.17, 15) is 4.79 Å². The maximum Gasteiger partial charge on any atom is 0.230 e. The van der Waals surface area contributed by atoms with E-state index in [1.165, 1.54) is 0 Å². The molecule has 2 aromatic rings. The van der Waals surface area contributed by atoms with Gasteiger partial charge in [-0.05, 0) is 33.6 Å². The number of likely N-dealkylation sites (tertiary alicyclic amines) is 1. The van der Waals surface area contributed by atoms with Crippen LogP contribution in [0.25, 0.3) is 0 Å². The van der Waals surface area contributed by atoms with Crippen molar-refractivity contribution < 1.29 is 13.8 Å². The Kier molecular flexibility index (Phi) is 4.92. The summed E-state index contributed by atoms with van der Waals surface area (Å²) in [5.74, 6) is 2.27. The highest BCUT2D eigenvalue weighted by Crippen LogP contribution is 2.30. The summed E-state index contributed by atoms with van der Waals surface area (Å²) in [5, 5.41) is 8.10. The molecule has 1 amide bonds. The van der Waals surface area contributed by atoms with E-state index in [0.717, 1.165) is 30.6 Å². The highest BCUT2D eigenvalue weighted by molar-refractivity contribution is 5.84. The molecule has 1 aliphatic heterocycles. The number of carbonyl (C=O) groups excluding carboxylic acids is 1. The monoisotopic (exact) mass is 346 g/mol. The molecule has 1 aliphatic rings. The van der Waals surface area contributed by atoms with Crippen LogP contribution in [0.2, 0.25) is 0 Å². The predicted molar refractivity (Wildman–Crippen MR) is 91.3 cm³/mol. The summed E-state index contributed by atoms with van der Waals surface area (Å²) in [6.45, 7) is 11.1. The Morgan fingerprint density at radius 3 is 2.56 bits per heavy atom. The van der Waals surface area contributed by atoms with Crippen LogP contribution in [0.15, 0.2) is 9.05 Å². The van der Waals surface area contributed by atoms with Crippen LogP contribution in [0, 0.1) is 13.8 Å². The highest BCUT2D eigenvalue weighted by Gasteiger charge is 2.32. The van der Waals surface area contributed by atoms with E-state index in [2.05, 4.69) is 15.3 Å². The quantitative estimate of drug-likeness (QED) is 0.844. The third kappa shape index (κ3) is 3.45. The molecule has 0 aliphatic carbocycles. The molecule has 2 aromatic heterocycles. The van der Waals surface area contributed by atoms with Crippen molar-refractivity contribution in [3.63, 3.8) is 0 Å². The molecule has 7 nitrogen and oxygen atoms in total. The van der Waals surface area contributed by atoms with Crippen molar-refractivity contribution in [2.75, 3.05) is 13.1 Å². The Balaban J connectivity index is 1.73. The molecule has 0 N–H and O–H groups in total. The summed E-state index contributed by atoms with van der Waals surface area (Å²) in [4.78, 5) is 19.4. The van der Waals surface area contributed by atoms with E-state index in [4.69, 9.17) is 9.05 Å². The van der Waals surface area contributed by atoms with Crippen LogP contribution in [0.4, 0.5) is 0 Å². The van der Waals surface area contributed by atoms with Crippen LogP contribution >= 0.6 is 0 Å². The maximum absolute atomic E-state index is 13.0. The molecule has 0 radical (unpaired) electrons. The summed E-state index contributed by atoms with van der Waals surface area (Å²) >= 11 is 0. The topological polar surface area (TPSA) is 85.3 Å². The first-order valence-corrected chi connectivity index (χ1v) is 8.93. The predicted octanol–water partition coefficient (Wildman–Crippen LogP) is 3.31. The van der Waals surface area contributed by atoms with Gasteiger partial charge in [0.25, 0.3) is 0 Å².